The lowest BCUT2D eigenvalue weighted by Gasteiger charge is -2.29. The molecule has 6 heteroatoms. The lowest BCUT2D eigenvalue weighted by atomic mass is 9.99. The van der Waals surface area contributed by atoms with Gasteiger partial charge in [-0.05, 0) is 42.7 Å². The van der Waals surface area contributed by atoms with Gasteiger partial charge in [-0.3, -0.25) is 4.79 Å². The number of carbonyl (C=O) groups is 2. The predicted octanol–water partition coefficient (Wildman–Crippen LogP) is 2.75. The number of hydrogen-bond acceptors (Lipinski definition) is 4. The molecule has 0 radical (unpaired) electrons. The van der Waals surface area contributed by atoms with E-state index in [9.17, 15) is 9.59 Å². The highest BCUT2D eigenvalue weighted by Crippen LogP contribution is 2.30. The Morgan fingerprint density at radius 1 is 1.08 bits per heavy atom. The largest absolute Gasteiger partial charge is 0.490 e. The Morgan fingerprint density at radius 2 is 1.85 bits per heavy atom. The zero-order chi connectivity index (χ0) is 18.5. The highest BCUT2D eigenvalue weighted by Gasteiger charge is 2.22. The molecule has 0 atom stereocenters. The van der Waals surface area contributed by atoms with Crippen LogP contribution in [-0.2, 0) is 17.8 Å². The van der Waals surface area contributed by atoms with Crippen molar-refractivity contribution >= 4 is 11.9 Å². The van der Waals surface area contributed by atoms with Gasteiger partial charge >= 0.3 is 5.97 Å². The molecule has 0 saturated heterocycles. The number of rotatable bonds is 6. The van der Waals surface area contributed by atoms with Crippen molar-refractivity contribution in [2.75, 3.05) is 19.8 Å². The normalized spacial score (nSPS) is 13.0. The lowest BCUT2D eigenvalue weighted by Crippen LogP contribution is -2.35. The summed E-state index contributed by atoms with van der Waals surface area (Å²) in [7, 11) is 0. The molecule has 136 valence electrons. The van der Waals surface area contributed by atoms with E-state index in [0.717, 1.165) is 6.42 Å². The SMILES string of the molecule is CCOc1cc(C(=O)N2CCc3ccccc3C2)ccc1OCC(=O)O. The van der Waals surface area contributed by atoms with E-state index in [-0.39, 0.29) is 5.91 Å². The second kappa shape index (κ2) is 7.91. The van der Waals surface area contributed by atoms with Crippen LogP contribution in [0, 0.1) is 0 Å². The Morgan fingerprint density at radius 3 is 2.58 bits per heavy atom. The van der Waals surface area contributed by atoms with Gasteiger partial charge in [0.1, 0.15) is 0 Å². The second-order valence-electron chi connectivity index (χ2n) is 6.02. The summed E-state index contributed by atoms with van der Waals surface area (Å²) >= 11 is 0. The molecule has 1 aliphatic heterocycles. The second-order valence-corrected chi connectivity index (χ2v) is 6.02. The number of nitrogens with zero attached hydrogens (tertiary/aromatic N) is 1. The van der Waals surface area contributed by atoms with Crippen LogP contribution in [0.4, 0.5) is 0 Å². The van der Waals surface area contributed by atoms with Gasteiger partial charge in [-0.2, -0.15) is 0 Å². The number of fused-ring (bicyclic) bond motifs is 1. The molecule has 1 aliphatic rings. The quantitative estimate of drug-likeness (QED) is 0.862. The molecule has 1 amide bonds. The predicted molar refractivity (Wildman–Crippen MR) is 95.6 cm³/mol. The van der Waals surface area contributed by atoms with Crippen molar-refractivity contribution in [1.29, 1.82) is 0 Å². The zero-order valence-corrected chi connectivity index (χ0v) is 14.6. The van der Waals surface area contributed by atoms with E-state index in [1.165, 1.54) is 11.1 Å². The number of amides is 1. The Labute approximate surface area is 152 Å². The van der Waals surface area contributed by atoms with Gasteiger partial charge in [0.05, 0.1) is 6.61 Å². The van der Waals surface area contributed by atoms with Gasteiger partial charge in [0.15, 0.2) is 18.1 Å². The first kappa shape index (κ1) is 17.8. The van der Waals surface area contributed by atoms with Crippen LogP contribution in [-0.4, -0.2) is 41.6 Å². The third-order valence-electron chi connectivity index (χ3n) is 4.26. The van der Waals surface area contributed by atoms with E-state index >= 15 is 0 Å². The van der Waals surface area contributed by atoms with Crippen LogP contribution in [0.5, 0.6) is 11.5 Å². The molecule has 3 rings (SSSR count). The van der Waals surface area contributed by atoms with Gasteiger partial charge in [-0.1, -0.05) is 24.3 Å². The van der Waals surface area contributed by atoms with E-state index in [4.69, 9.17) is 14.6 Å². The molecule has 0 aromatic heterocycles. The molecule has 2 aromatic carbocycles. The van der Waals surface area contributed by atoms with Crippen molar-refractivity contribution < 1.29 is 24.2 Å². The number of ether oxygens (including phenoxy) is 2. The molecule has 0 saturated carbocycles. The molecule has 0 unspecified atom stereocenters. The molecule has 6 nitrogen and oxygen atoms in total. The first-order chi connectivity index (χ1) is 12.6. The molecule has 0 spiro atoms. The van der Waals surface area contributed by atoms with Gasteiger partial charge in [-0.15, -0.1) is 0 Å². The number of aliphatic carboxylic acids is 1. The maximum Gasteiger partial charge on any atom is 0.341 e. The highest BCUT2D eigenvalue weighted by atomic mass is 16.5. The molecule has 0 fully saturated rings. The summed E-state index contributed by atoms with van der Waals surface area (Å²) < 4.78 is 10.7. The maximum absolute atomic E-state index is 12.9. The van der Waals surface area contributed by atoms with Gasteiger partial charge in [0, 0.05) is 18.7 Å². The van der Waals surface area contributed by atoms with Crippen molar-refractivity contribution in [2.24, 2.45) is 0 Å². The molecule has 0 bridgehead atoms. The molecule has 2 aromatic rings. The topological polar surface area (TPSA) is 76.1 Å². The first-order valence-electron chi connectivity index (χ1n) is 8.56. The van der Waals surface area contributed by atoms with E-state index < -0.39 is 12.6 Å². The summed E-state index contributed by atoms with van der Waals surface area (Å²) in [6.45, 7) is 2.98. The van der Waals surface area contributed by atoms with Crippen molar-refractivity contribution in [1.82, 2.24) is 4.90 Å². The number of carboxylic acid groups (broad SMARTS) is 1. The molecule has 1 N–H and O–H groups in total. The van der Waals surface area contributed by atoms with E-state index in [1.807, 2.05) is 30.0 Å². The van der Waals surface area contributed by atoms with Gasteiger partial charge < -0.3 is 19.5 Å². The van der Waals surface area contributed by atoms with E-state index in [2.05, 4.69) is 6.07 Å². The monoisotopic (exact) mass is 355 g/mol. The summed E-state index contributed by atoms with van der Waals surface area (Å²) in [5.41, 5.74) is 2.94. The van der Waals surface area contributed by atoms with Crippen molar-refractivity contribution in [3.05, 3.63) is 59.2 Å². The Bertz CT molecular complexity index is 818. The third-order valence-corrected chi connectivity index (χ3v) is 4.26. The minimum Gasteiger partial charge on any atom is -0.490 e. The fourth-order valence-electron chi connectivity index (χ4n) is 3.02. The van der Waals surface area contributed by atoms with Crippen LogP contribution in [0.2, 0.25) is 0 Å². The third kappa shape index (κ3) is 3.96. The van der Waals surface area contributed by atoms with Crippen LogP contribution in [0.15, 0.2) is 42.5 Å². The number of hydrogen-bond donors (Lipinski definition) is 1. The average Bonchev–Trinajstić information content (AvgIpc) is 2.66. The summed E-state index contributed by atoms with van der Waals surface area (Å²) in [5, 5.41) is 8.76. The highest BCUT2D eigenvalue weighted by molar-refractivity contribution is 5.95. The van der Waals surface area contributed by atoms with E-state index in [1.54, 1.807) is 18.2 Å². The van der Waals surface area contributed by atoms with Gasteiger partial charge in [0.2, 0.25) is 0 Å². The van der Waals surface area contributed by atoms with Crippen LogP contribution in [0.3, 0.4) is 0 Å². The Hall–Kier alpha value is -3.02. The molecule has 26 heavy (non-hydrogen) atoms. The fourth-order valence-corrected chi connectivity index (χ4v) is 3.02. The molecular formula is C20H21NO5. The van der Waals surface area contributed by atoms with Gasteiger partial charge in [-0.25, -0.2) is 4.79 Å². The summed E-state index contributed by atoms with van der Waals surface area (Å²) in [5.74, 6) is -0.461. The van der Waals surface area contributed by atoms with Crippen molar-refractivity contribution in [2.45, 2.75) is 19.9 Å². The average molecular weight is 355 g/mol. The van der Waals surface area contributed by atoms with Crippen LogP contribution in [0.25, 0.3) is 0 Å². The summed E-state index contributed by atoms with van der Waals surface area (Å²) in [6, 6.07) is 13.0. The van der Waals surface area contributed by atoms with Crippen LogP contribution >= 0.6 is 0 Å². The van der Waals surface area contributed by atoms with Gasteiger partial charge in [0.25, 0.3) is 5.91 Å². The first-order valence-corrected chi connectivity index (χ1v) is 8.56. The van der Waals surface area contributed by atoms with Crippen molar-refractivity contribution in [3.8, 4) is 11.5 Å². The van der Waals surface area contributed by atoms with E-state index in [0.29, 0.717) is 36.8 Å². The minimum absolute atomic E-state index is 0.0785. The van der Waals surface area contributed by atoms with Crippen LogP contribution < -0.4 is 9.47 Å². The number of carboxylic acids is 1. The smallest absolute Gasteiger partial charge is 0.341 e. The molecular weight excluding hydrogens is 334 g/mol. The Kier molecular flexibility index (Phi) is 5.41. The summed E-state index contributed by atoms with van der Waals surface area (Å²) in [6.07, 6.45) is 0.833. The zero-order valence-electron chi connectivity index (χ0n) is 14.6. The van der Waals surface area contributed by atoms with Crippen molar-refractivity contribution in [3.63, 3.8) is 0 Å². The lowest BCUT2D eigenvalue weighted by molar-refractivity contribution is -0.139. The minimum atomic E-state index is -1.07. The molecule has 0 aliphatic carbocycles. The number of benzene rings is 2. The molecule has 1 heterocycles. The fraction of sp³-hybridized carbons (Fsp3) is 0.300. The Balaban J connectivity index is 1.79. The number of carbonyl (C=O) groups excluding carboxylic acids is 1. The maximum atomic E-state index is 12.9. The standard InChI is InChI=1S/C20H21NO5/c1-2-25-18-11-15(7-8-17(18)26-13-19(22)23)20(24)21-10-9-14-5-3-4-6-16(14)12-21/h3-8,11H,2,9-10,12-13H2,1H3,(H,22,23). The van der Waals surface area contributed by atoms with Crippen LogP contribution in [0.1, 0.15) is 28.4 Å². The summed E-state index contributed by atoms with van der Waals surface area (Å²) in [4.78, 5) is 25.4.